The number of carbonyl (C=O) groups is 2. The van der Waals surface area contributed by atoms with Crippen LogP contribution < -0.4 is 29.1 Å². The summed E-state index contributed by atoms with van der Waals surface area (Å²) in [6.07, 6.45) is 1.73. The molecular formula is C33H29IN2O7S. The summed E-state index contributed by atoms with van der Waals surface area (Å²) >= 11 is 3.31. The van der Waals surface area contributed by atoms with Crippen molar-refractivity contribution in [1.82, 2.24) is 4.57 Å². The number of halogens is 1. The Balaban J connectivity index is 1.57. The minimum atomic E-state index is -0.736. The van der Waals surface area contributed by atoms with E-state index in [1.165, 1.54) is 15.9 Å². The van der Waals surface area contributed by atoms with Crippen LogP contribution in [0.4, 0.5) is 0 Å². The van der Waals surface area contributed by atoms with Crippen molar-refractivity contribution in [1.29, 1.82) is 0 Å². The molecular weight excluding hydrogens is 695 g/mol. The lowest BCUT2D eigenvalue weighted by Crippen LogP contribution is -2.39. The molecule has 226 valence electrons. The number of nitrogens with zero attached hydrogens (tertiary/aromatic N) is 2. The van der Waals surface area contributed by atoms with Gasteiger partial charge in [-0.3, -0.25) is 9.36 Å². The van der Waals surface area contributed by atoms with Crippen molar-refractivity contribution >= 4 is 51.9 Å². The van der Waals surface area contributed by atoms with E-state index in [1.807, 2.05) is 31.2 Å². The van der Waals surface area contributed by atoms with Crippen molar-refractivity contribution in [2.75, 3.05) is 20.3 Å². The molecule has 0 spiro atoms. The van der Waals surface area contributed by atoms with Gasteiger partial charge in [-0.15, -0.1) is 0 Å². The van der Waals surface area contributed by atoms with Gasteiger partial charge in [0.25, 0.3) is 5.56 Å². The SMILES string of the molecule is CCOC(=O)C1=C(C)N=c2s/c(=C\c3ccc(OC(=O)c4ccccc4I)c(OCC)c3)c(=O)n2C1c1ccc(OC)cc1. The molecule has 0 radical (unpaired) electrons. The Kier molecular flexibility index (Phi) is 9.64. The predicted molar refractivity (Wildman–Crippen MR) is 175 cm³/mol. The molecule has 11 heteroatoms. The highest BCUT2D eigenvalue weighted by Crippen LogP contribution is 2.32. The van der Waals surface area contributed by atoms with Gasteiger partial charge in [-0.05, 0) is 97.0 Å². The molecule has 5 rings (SSSR count). The van der Waals surface area contributed by atoms with Gasteiger partial charge < -0.3 is 18.9 Å². The molecule has 2 heterocycles. The fourth-order valence-electron chi connectivity index (χ4n) is 4.79. The zero-order valence-corrected chi connectivity index (χ0v) is 27.4. The van der Waals surface area contributed by atoms with Gasteiger partial charge in [-0.1, -0.05) is 41.7 Å². The normalized spacial score (nSPS) is 14.5. The topological polar surface area (TPSA) is 105 Å². The van der Waals surface area contributed by atoms with Crippen molar-refractivity contribution in [2.45, 2.75) is 26.8 Å². The first-order chi connectivity index (χ1) is 21.2. The Morgan fingerprint density at radius 2 is 1.75 bits per heavy atom. The fourth-order valence-corrected chi connectivity index (χ4v) is 6.45. The standard InChI is InChI=1S/C33H29IN2O7S/c1-5-41-26-17-20(11-16-25(26)43-31(38)23-9-7-8-10-24(23)34)18-27-30(37)36-29(21-12-14-22(40-4)15-13-21)28(32(39)42-6-2)19(3)35-33(36)44-27/h7-18,29H,5-6H2,1-4H3/b27-18-. The van der Waals surface area contributed by atoms with Crippen LogP contribution in [0.25, 0.3) is 6.08 Å². The number of methoxy groups -OCH3 is 1. The zero-order valence-electron chi connectivity index (χ0n) is 24.5. The lowest BCUT2D eigenvalue weighted by molar-refractivity contribution is -0.139. The summed E-state index contributed by atoms with van der Waals surface area (Å²) in [5, 5.41) is 0. The molecule has 1 unspecified atom stereocenters. The lowest BCUT2D eigenvalue weighted by Gasteiger charge is -2.24. The van der Waals surface area contributed by atoms with Crippen molar-refractivity contribution in [2.24, 2.45) is 4.99 Å². The first-order valence-electron chi connectivity index (χ1n) is 13.8. The largest absolute Gasteiger partial charge is 0.497 e. The van der Waals surface area contributed by atoms with Crippen LogP contribution in [0, 0.1) is 3.57 Å². The number of hydrogen-bond acceptors (Lipinski definition) is 9. The second-order valence-corrected chi connectivity index (χ2v) is 11.8. The first kappa shape index (κ1) is 31.2. The molecule has 44 heavy (non-hydrogen) atoms. The molecule has 0 saturated carbocycles. The molecule has 1 atom stereocenters. The van der Waals surface area contributed by atoms with Gasteiger partial charge >= 0.3 is 11.9 Å². The summed E-state index contributed by atoms with van der Waals surface area (Å²) in [5.41, 5.74) is 2.30. The van der Waals surface area contributed by atoms with E-state index < -0.39 is 18.0 Å². The van der Waals surface area contributed by atoms with E-state index in [4.69, 9.17) is 18.9 Å². The van der Waals surface area contributed by atoms with Crippen LogP contribution in [0.1, 0.15) is 48.3 Å². The molecule has 0 amide bonds. The maximum atomic E-state index is 14.0. The first-order valence-corrected chi connectivity index (χ1v) is 15.7. The molecule has 0 bridgehead atoms. The van der Waals surface area contributed by atoms with Gasteiger partial charge in [0, 0.05) is 3.57 Å². The van der Waals surface area contributed by atoms with Crippen LogP contribution in [0.3, 0.4) is 0 Å². The maximum Gasteiger partial charge on any atom is 0.344 e. The average Bonchev–Trinajstić information content (AvgIpc) is 3.31. The molecule has 0 N–H and O–H groups in total. The second-order valence-electron chi connectivity index (χ2n) is 9.58. The van der Waals surface area contributed by atoms with Gasteiger partial charge in [0.1, 0.15) is 5.75 Å². The highest BCUT2D eigenvalue weighted by Gasteiger charge is 2.33. The monoisotopic (exact) mass is 724 g/mol. The van der Waals surface area contributed by atoms with E-state index in [0.717, 1.165) is 3.57 Å². The Hall–Kier alpha value is -4.23. The number of fused-ring (bicyclic) bond motifs is 1. The Labute approximate surface area is 271 Å². The number of carbonyl (C=O) groups excluding carboxylic acids is 2. The minimum absolute atomic E-state index is 0.188. The van der Waals surface area contributed by atoms with Crippen molar-refractivity contribution in [3.05, 3.63) is 118 Å². The summed E-state index contributed by atoms with van der Waals surface area (Å²) < 4.78 is 24.9. The summed E-state index contributed by atoms with van der Waals surface area (Å²) in [6.45, 7) is 5.84. The smallest absolute Gasteiger partial charge is 0.344 e. The van der Waals surface area contributed by atoms with Crippen molar-refractivity contribution in [3.8, 4) is 17.2 Å². The fraction of sp³-hybridized carbons (Fsp3) is 0.212. The van der Waals surface area contributed by atoms with Gasteiger partial charge in [-0.2, -0.15) is 0 Å². The highest BCUT2D eigenvalue weighted by molar-refractivity contribution is 14.1. The van der Waals surface area contributed by atoms with E-state index >= 15 is 0 Å². The van der Waals surface area contributed by atoms with Crippen molar-refractivity contribution < 1.29 is 28.5 Å². The average molecular weight is 725 g/mol. The number of benzene rings is 3. The zero-order chi connectivity index (χ0) is 31.4. The number of hydrogen-bond donors (Lipinski definition) is 0. The van der Waals surface area contributed by atoms with Crippen LogP contribution in [0.2, 0.25) is 0 Å². The number of aromatic nitrogens is 1. The van der Waals surface area contributed by atoms with E-state index in [0.29, 0.717) is 55.4 Å². The molecule has 0 fully saturated rings. The molecule has 3 aromatic carbocycles. The number of allylic oxidation sites excluding steroid dienone is 1. The number of rotatable bonds is 9. The van der Waals surface area contributed by atoms with Gasteiger partial charge in [0.15, 0.2) is 16.3 Å². The molecule has 1 aromatic heterocycles. The van der Waals surface area contributed by atoms with Crippen LogP contribution in [0.15, 0.2) is 87.8 Å². The Morgan fingerprint density at radius 3 is 2.43 bits per heavy atom. The third-order valence-corrected chi connectivity index (χ3v) is 8.73. The minimum Gasteiger partial charge on any atom is -0.497 e. The van der Waals surface area contributed by atoms with Crippen LogP contribution >= 0.6 is 33.9 Å². The van der Waals surface area contributed by atoms with Crippen molar-refractivity contribution in [3.63, 3.8) is 0 Å². The summed E-state index contributed by atoms with van der Waals surface area (Å²) in [5.74, 6) is 0.260. The third-order valence-electron chi connectivity index (χ3n) is 6.81. The molecule has 4 aromatic rings. The third kappa shape index (κ3) is 6.34. The molecule has 9 nitrogen and oxygen atoms in total. The quantitative estimate of drug-likeness (QED) is 0.136. The summed E-state index contributed by atoms with van der Waals surface area (Å²) in [4.78, 5) is 45.0. The highest BCUT2D eigenvalue weighted by atomic mass is 127. The molecule has 1 aliphatic heterocycles. The van der Waals surface area contributed by atoms with Crippen LogP contribution in [0.5, 0.6) is 17.2 Å². The maximum absolute atomic E-state index is 14.0. The van der Waals surface area contributed by atoms with E-state index in [9.17, 15) is 14.4 Å². The molecule has 0 saturated heterocycles. The van der Waals surface area contributed by atoms with Crippen LogP contribution in [-0.4, -0.2) is 36.8 Å². The second kappa shape index (κ2) is 13.6. The van der Waals surface area contributed by atoms with E-state index in [2.05, 4.69) is 27.6 Å². The van der Waals surface area contributed by atoms with Gasteiger partial charge in [0.2, 0.25) is 0 Å². The number of ether oxygens (including phenoxy) is 4. The van der Waals surface area contributed by atoms with E-state index in [-0.39, 0.29) is 17.9 Å². The number of esters is 2. The lowest BCUT2D eigenvalue weighted by atomic mass is 9.96. The molecule has 1 aliphatic rings. The van der Waals surface area contributed by atoms with Gasteiger partial charge in [0.05, 0.1) is 47.7 Å². The Bertz CT molecular complexity index is 1940. The molecule has 0 aliphatic carbocycles. The van der Waals surface area contributed by atoms with Gasteiger partial charge in [-0.25, -0.2) is 14.6 Å². The Morgan fingerprint density at radius 1 is 1.00 bits per heavy atom. The summed E-state index contributed by atoms with van der Waals surface area (Å²) in [7, 11) is 1.57. The van der Waals surface area contributed by atoms with E-state index in [1.54, 1.807) is 69.5 Å². The summed E-state index contributed by atoms with van der Waals surface area (Å²) in [6, 6.07) is 18.7. The number of thiazole rings is 1. The van der Waals surface area contributed by atoms with Crippen LogP contribution in [-0.2, 0) is 9.53 Å². The predicted octanol–water partition coefficient (Wildman–Crippen LogP) is 5.03.